The maximum Gasteiger partial charge on any atom is 0.244 e. The molecule has 0 bridgehead atoms. The van der Waals surface area contributed by atoms with Crippen LogP contribution in [0.4, 0.5) is 5.69 Å². The molecule has 0 fully saturated rings. The van der Waals surface area contributed by atoms with Crippen molar-refractivity contribution in [3.63, 3.8) is 0 Å². The largest absolute Gasteiger partial charge is 0.325 e. The van der Waals surface area contributed by atoms with Crippen LogP contribution in [0.1, 0.15) is 13.8 Å². The Labute approximate surface area is 145 Å². The zero-order chi connectivity index (χ0) is 17.7. The van der Waals surface area contributed by atoms with Gasteiger partial charge in [0.05, 0.1) is 4.90 Å². The van der Waals surface area contributed by atoms with Gasteiger partial charge in [0.2, 0.25) is 15.9 Å². The molecule has 0 radical (unpaired) electrons. The number of hydrogen-bond donors (Lipinski definition) is 2. The van der Waals surface area contributed by atoms with Crippen molar-refractivity contribution in [1.29, 1.82) is 5.41 Å². The third kappa shape index (κ3) is 4.11. The summed E-state index contributed by atoms with van der Waals surface area (Å²) in [6.45, 7) is 4.44. The van der Waals surface area contributed by atoms with E-state index in [0.717, 1.165) is 0 Å². The minimum Gasteiger partial charge on any atom is -0.325 e. The van der Waals surface area contributed by atoms with Gasteiger partial charge < -0.3 is 9.88 Å². The summed E-state index contributed by atoms with van der Waals surface area (Å²) < 4.78 is 27.7. The molecule has 0 aliphatic rings. The maximum absolute atomic E-state index is 12.4. The first-order valence-electron chi connectivity index (χ1n) is 7.47. The van der Waals surface area contributed by atoms with Crippen LogP contribution >= 0.6 is 11.3 Å². The molecule has 1 aromatic heterocycles. The molecule has 0 saturated heterocycles. The first-order valence-corrected chi connectivity index (χ1v) is 9.79. The number of hydrogen-bond acceptors (Lipinski definition) is 5. The number of benzene rings is 1. The van der Waals surface area contributed by atoms with Crippen molar-refractivity contribution in [2.24, 2.45) is 0 Å². The highest BCUT2D eigenvalue weighted by molar-refractivity contribution is 7.89. The van der Waals surface area contributed by atoms with Gasteiger partial charge in [0.15, 0.2) is 4.80 Å². The van der Waals surface area contributed by atoms with E-state index in [1.54, 1.807) is 37.6 Å². The lowest BCUT2D eigenvalue weighted by atomic mass is 10.3. The second-order valence-electron chi connectivity index (χ2n) is 5.00. The number of thiazole rings is 1. The van der Waals surface area contributed by atoms with Crippen LogP contribution in [0.2, 0.25) is 0 Å². The Bertz CT molecular complexity index is 849. The summed E-state index contributed by atoms with van der Waals surface area (Å²) in [5, 5.41) is 12.1. The second-order valence-corrected chi connectivity index (χ2v) is 7.83. The highest BCUT2D eigenvalue weighted by Crippen LogP contribution is 2.18. The molecule has 0 saturated carbocycles. The summed E-state index contributed by atoms with van der Waals surface area (Å²) >= 11 is 1.24. The fraction of sp³-hybridized carbons (Fsp3) is 0.333. The lowest BCUT2D eigenvalue weighted by molar-refractivity contribution is -0.116. The van der Waals surface area contributed by atoms with E-state index in [4.69, 9.17) is 5.41 Å². The van der Waals surface area contributed by atoms with E-state index in [-0.39, 0.29) is 17.3 Å². The van der Waals surface area contributed by atoms with Crippen molar-refractivity contribution in [3.05, 3.63) is 40.6 Å². The fourth-order valence-corrected chi connectivity index (χ4v) is 4.26. The van der Waals surface area contributed by atoms with Gasteiger partial charge in [-0.05, 0) is 24.3 Å². The lowest BCUT2D eigenvalue weighted by Crippen LogP contribution is -2.30. The van der Waals surface area contributed by atoms with Gasteiger partial charge in [0.1, 0.15) is 6.54 Å². The third-order valence-corrected chi connectivity index (χ3v) is 6.26. The van der Waals surface area contributed by atoms with E-state index in [9.17, 15) is 13.2 Å². The maximum atomic E-state index is 12.4. The molecule has 24 heavy (non-hydrogen) atoms. The zero-order valence-electron chi connectivity index (χ0n) is 13.5. The SMILES string of the molecule is CCN(CC)S(=O)(=O)c1ccc(NC(=O)Cn2ccsc2=N)cc1. The molecule has 2 N–H and O–H groups in total. The number of rotatable bonds is 7. The summed E-state index contributed by atoms with van der Waals surface area (Å²) in [5.41, 5.74) is 0.515. The van der Waals surface area contributed by atoms with Gasteiger partial charge >= 0.3 is 0 Å². The Morgan fingerprint density at radius 1 is 1.25 bits per heavy atom. The molecular weight excluding hydrogens is 348 g/mol. The first-order chi connectivity index (χ1) is 11.4. The van der Waals surface area contributed by atoms with E-state index in [1.807, 2.05) is 0 Å². The van der Waals surface area contributed by atoms with Crippen molar-refractivity contribution in [1.82, 2.24) is 8.87 Å². The molecule has 0 spiro atoms. The van der Waals surface area contributed by atoms with Gasteiger partial charge in [-0.25, -0.2) is 8.42 Å². The predicted octanol–water partition coefficient (Wildman–Crippen LogP) is 1.70. The Morgan fingerprint density at radius 3 is 2.38 bits per heavy atom. The van der Waals surface area contributed by atoms with E-state index >= 15 is 0 Å². The molecule has 1 amide bonds. The fourth-order valence-electron chi connectivity index (χ4n) is 2.21. The van der Waals surface area contributed by atoms with Crippen LogP contribution in [0.15, 0.2) is 40.7 Å². The summed E-state index contributed by atoms with van der Waals surface area (Å²) in [4.78, 5) is 12.5. The van der Waals surface area contributed by atoms with E-state index in [0.29, 0.717) is 23.6 Å². The molecule has 2 rings (SSSR count). The normalized spacial score (nSPS) is 11.6. The second kappa shape index (κ2) is 7.73. The Kier molecular flexibility index (Phi) is 5.92. The zero-order valence-corrected chi connectivity index (χ0v) is 15.2. The summed E-state index contributed by atoms with van der Waals surface area (Å²) in [6.07, 6.45) is 1.67. The standard InChI is InChI=1S/C15H20N4O3S2/c1-3-19(4-2)24(21,22)13-7-5-12(6-8-13)17-14(20)11-18-9-10-23-15(18)16/h5-10,16H,3-4,11H2,1-2H3,(H,17,20). The van der Waals surface area contributed by atoms with Crippen LogP contribution in [0.25, 0.3) is 0 Å². The lowest BCUT2D eigenvalue weighted by Gasteiger charge is -2.18. The Morgan fingerprint density at radius 2 is 1.88 bits per heavy atom. The van der Waals surface area contributed by atoms with Crippen molar-refractivity contribution in [2.45, 2.75) is 25.3 Å². The topological polar surface area (TPSA) is 95.3 Å². The third-order valence-electron chi connectivity index (χ3n) is 3.48. The number of nitrogens with zero attached hydrogens (tertiary/aromatic N) is 2. The van der Waals surface area contributed by atoms with Crippen molar-refractivity contribution in [2.75, 3.05) is 18.4 Å². The van der Waals surface area contributed by atoms with E-state index < -0.39 is 10.0 Å². The molecule has 0 atom stereocenters. The van der Waals surface area contributed by atoms with Crippen LogP contribution in [0, 0.1) is 5.41 Å². The molecule has 0 aliphatic carbocycles. The number of anilines is 1. The number of aromatic nitrogens is 1. The van der Waals surface area contributed by atoms with Gasteiger partial charge in [-0.2, -0.15) is 4.31 Å². The van der Waals surface area contributed by atoms with Crippen molar-refractivity contribution >= 4 is 33.0 Å². The monoisotopic (exact) mass is 368 g/mol. The molecule has 130 valence electrons. The molecule has 1 aromatic carbocycles. The van der Waals surface area contributed by atoms with Crippen LogP contribution in [0.3, 0.4) is 0 Å². The average Bonchev–Trinajstić information content (AvgIpc) is 2.93. The number of amides is 1. The minimum absolute atomic E-state index is 0.0435. The number of nitrogens with one attached hydrogen (secondary N) is 2. The Balaban J connectivity index is 2.08. The molecule has 1 heterocycles. The molecule has 7 nitrogen and oxygen atoms in total. The van der Waals surface area contributed by atoms with Gasteiger partial charge in [0, 0.05) is 30.4 Å². The molecule has 9 heteroatoms. The van der Waals surface area contributed by atoms with Crippen LogP contribution in [-0.2, 0) is 21.4 Å². The van der Waals surface area contributed by atoms with Crippen molar-refractivity contribution < 1.29 is 13.2 Å². The van der Waals surface area contributed by atoms with E-state index in [2.05, 4.69) is 5.32 Å². The molecule has 0 aliphatic heterocycles. The molecule has 2 aromatic rings. The Hall–Kier alpha value is -1.97. The predicted molar refractivity (Wildman–Crippen MR) is 93.3 cm³/mol. The molecule has 0 unspecified atom stereocenters. The molecular formula is C15H20N4O3S2. The highest BCUT2D eigenvalue weighted by Gasteiger charge is 2.21. The van der Waals surface area contributed by atoms with Crippen molar-refractivity contribution in [3.8, 4) is 0 Å². The quantitative estimate of drug-likeness (QED) is 0.779. The average molecular weight is 368 g/mol. The number of sulfonamides is 1. The van der Waals surface area contributed by atoms with Crippen LogP contribution in [0.5, 0.6) is 0 Å². The van der Waals surface area contributed by atoms with Gasteiger partial charge in [-0.15, -0.1) is 11.3 Å². The van der Waals surface area contributed by atoms with Crippen LogP contribution < -0.4 is 10.1 Å². The highest BCUT2D eigenvalue weighted by atomic mass is 32.2. The number of carbonyl (C=O) groups excluding carboxylic acids is 1. The summed E-state index contributed by atoms with van der Waals surface area (Å²) in [5.74, 6) is -0.272. The number of carbonyl (C=O) groups is 1. The van der Waals surface area contributed by atoms with Gasteiger partial charge in [-0.3, -0.25) is 10.2 Å². The van der Waals surface area contributed by atoms with Gasteiger partial charge in [0.25, 0.3) is 0 Å². The minimum atomic E-state index is -3.50. The van der Waals surface area contributed by atoms with Gasteiger partial charge in [-0.1, -0.05) is 13.8 Å². The van der Waals surface area contributed by atoms with Crippen LogP contribution in [-0.4, -0.2) is 36.3 Å². The summed E-state index contributed by atoms with van der Waals surface area (Å²) in [6, 6.07) is 6.09. The first kappa shape index (κ1) is 18.4. The summed E-state index contributed by atoms with van der Waals surface area (Å²) in [7, 11) is -3.50. The smallest absolute Gasteiger partial charge is 0.244 e. The van der Waals surface area contributed by atoms with E-state index in [1.165, 1.54) is 32.3 Å².